The number of amides is 2. The summed E-state index contributed by atoms with van der Waals surface area (Å²) in [6.07, 6.45) is 0.709. The lowest BCUT2D eigenvalue weighted by molar-refractivity contribution is -0.253. The van der Waals surface area contributed by atoms with Crippen LogP contribution in [0.5, 0.6) is 0 Å². The molecule has 11 nitrogen and oxygen atoms in total. The smallest absolute Gasteiger partial charge is 0.303 e. The van der Waals surface area contributed by atoms with Crippen molar-refractivity contribution >= 4 is 29.2 Å². The molecule has 3 saturated heterocycles. The highest BCUT2D eigenvalue weighted by Crippen LogP contribution is 2.40. The number of hydrogen-bond acceptors (Lipinski definition) is 8. The molecule has 3 fully saturated rings. The van der Waals surface area contributed by atoms with E-state index in [-0.39, 0.29) is 43.5 Å². The lowest BCUT2D eigenvalue weighted by atomic mass is 9.85. The molecule has 242 valence electrons. The summed E-state index contributed by atoms with van der Waals surface area (Å²) in [6.45, 7) is 2.68. The summed E-state index contributed by atoms with van der Waals surface area (Å²) in [4.78, 5) is 40.6. The van der Waals surface area contributed by atoms with Gasteiger partial charge in [0.2, 0.25) is 11.8 Å². The zero-order valence-corrected chi connectivity index (χ0v) is 25.6. The lowest BCUT2D eigenvalue weighted by Crippen LogP contribution is -2.57. The molecule has 0 bridgehead atoms. The Kier molecular flexibility index (Phi) is 9.64. The van der Waals surface area contributed by atoms with Crippen molar-refractivity contribution in [2.75, 3.05) is 36.5 Å². The summed E-state index contributed by atoms with van der Waals surface area (Å²) in [5.41, 5.74) is 3.67. The number of carboxylic acid groups (broad SMARTS) is 1. The zero-order valence-electron chi connectivity index (χ0n) is 25.6. The minimum atomic E-state index is -1.02. The van der Waals surface area contributed by atoms with E-state index in [4.69, 9.17) is 14.6 Å². The normalized spacial score (nSPS) is 22.8. The molecule has 4 N–H and O–H groups in total. The van der Waals surface area contributed by atoms with E-state index in [2.05, 4.69) is 32.6 Å². The highest BCUT2D eigenvalue weighted by molar-refractivity contribution is 5.93. The molecule has 3 aliphatic heterocycles. The second-order valence-corrected chi connectivity index (χ2v) is 12.2. The van der Waals surface area contributed by atoms with E-state index in [1.165, 1.54) is 0 Å². The maximum absolute atomic E-state index is 13.1. The van der Waals surface area contributed by atoms with Crippen molar-refractivity contribution in [2.45, 2.75) is 62.7 Å². The zero-order chi connectivity index (χ0) is 32.1. The first-order chi connectivity index (χ1) is 22.3. The highest BCUT2D eigenvalue weighted by Gasteiger charge is 2.50. The molecule has 3 aromatic carbocycles. The molecule has 0 radical (unpaired) electrons. The standard InChI is InChI=1S/C35H40N4O7/c40-22-24-6-8-25(9-7-24)30-20-29(45-33(46-30)26-10-12-27(13-11-26)37-31(41)14-15-32(42)43)21-38-18-16-35(17-19-38)34(44)36-23-39(35)28-4-2-1-3-5-28/h1-13,29-30,33,40H,14-23H2,(H,36,44)(H,37,41)(H,42,43). The number of para-hydroxylation sites is 1. The maximum atomic E-state index is 13.1. The van der Waals surface area contributed by atoms with Crippen LogP contribution in [-0.2, 0) is 30.5 Å². The van der Waals surface area contributed by atoms with Gasteiger partial charge in [0.1, 0.15) is 5.54 Å². The van der Waals surface area contributed by atoms with Gasteiger partial charge >= 0.3 is 5.97 Å². The Morgan fingerprint density at radius 2 is 1.61 bits per heavy atom. The third-order valence-electron chi connectivity index (χ3n) is 9.20. The lowest BCUT2D eigenvalue weighted by Gasteiger charge is -2.45. The molecule has 11 heteroatoms. The van der Waals surface area contributed by atoms with Crippen LogP contribution in [0.2, 0.25) is 0 Å². The van der Waals surface area contributed by atoms with Crippen LogP contribution >= 0.6 is 0 Å². The summed E-state index contributed by atoms with van der Waals surface area (Å²) < 4.78 is 13.0. The number of hydrogen-bond donors (Lipinski definition) is 4. The minimum Gasteiger partial charge on any atom is -0.481 e. The molecule has 6 rings (SSSR count). The van der Waals surface area contributed by atoms with Crippen LogP contribution in [0.25, 0.3) is 0 Å². The van der Waals surface area contributed by atoms with E-state index in [1.807, 2.05) is 54.6 Å². The van der Waals surface area contributed by atoms with Gasteiger partial charge in [-0.05, 0) is 48.2 Å². The van der Waals surface area contributed by atoms with Gasteiger partial charge in [0, 0.05) is 49.4 Å². The number of nitrogens with one attached hydrogen (secondary N) is 2. The fourth-order valence-electron chi connectivity index (χ4n) is 6.63. The number of aliphatic carboxylic acids is 1. The van der Waals surface area contributed by atoms with Gasteiger partial charge in [0.15, 0.2) is 6.29 Å². The van der Waals surface area contributed by atoms with E-state index in [9.17, 15) is 19.5 Å². The highest BCUT2D eigenvalue weighted by atomic mass is 16.7. The number of rotatable bonds is 10. The average molecular weight is 629 g/mol. The van der Waals surface area contributed by atoms with Crippen LogP contribution in [0.15, 0.2) is 78.9 Å². The number of nitrogens with zero attached hydrogens (tertiary/aromatic N) is 2. The van der Waals surface area contributed by atoms with E-state index in [0.29, 0.717) is 38.2 Å². The summed E-state index contributed by atoms with van der Waals surface area (Å²) in [5.74, 6) is -1.29. The van der Waals surface area contributed by atoms with E-state index < -0.39 is 17.8 Å². The van der Waals surface area contributed by atoms with Crippen LogP contribution in [-0.4, -0.2) is 70.8 Å². The molecule has 3 heterocycles. The predicted octanol–water partition coefficient (Wildman–Crippen LogP) is 3.96. The van der Waals surface area contributed by atoms with Gasteiger partial charge in [-0.15, -0.1) is 0 Å². The molecule has 1 spiro atoms. The fraction of sp³-hybridized carbons (Fsp3) is 0.400. The van der Waals surface area contributed by atoms with Crippen molar-refractivity contribution in [1.29, 1.82) is 0 Å². The number of aliphatic hydroxyl groups is 1. The van der Waals surface area contributed by atoms with Crippen molar-refractivity contribution < 1.29 is 34.1 Å². The number of anilines is 2. The second kappa shape index (κ2) is 14.0. The predicted molar refractivity (Wildman–Crippen MR) is 171 cm³/mol. The Labute approximate surface area is 268 Å². The first-order valence-corrected chi connectivity index (χ1v) is 15.8. The van der Waals surface area contributed by atoms with Gasteiger partial charge in [-0.3, -0.25) is 14.4 Å². The molecule has 2 amide bonds. The van der Waals surface area contributed by atoms with Crippen LogP contribution in [0.1, 0.15) is 61.2 Å². The number of ether oxygens (including phenoxy) is 2. The molecule has 0 aliphatic carbocycles. The molecular formula is C35H40N4O7. The third kappa shape index (κ3) is 7.07. The minimum absolute atomic E-state index is 0.0322. The number of benzene rings is 3. The number of carbonyl (C=O) groups excluding carboxylic acids is 2. The Hall–Kier alpha value is -4.29. The van der Waals surface area contributed by atoms with Crippen LogP contribution in [0.3, 0.4) is 0 Å². The van der Waals surface area contributed by atoms with Crippen molar-refractivity contribution in [3.05, 3.63) is 95.6 Å². The summed E-state index contributed by atoms with van der Waals surface area (Å²) >= 11 is 0. The number of aliphatic hydroxyl groups excluding tert-OH is 1. The van der Waals surface area contributed by atoms with Crippen molar-refractivity contribution in [3.8, 4) is 0 Å². The van der Waals surface area contributed by atoms with Gasteiger partial charge in [-0.25, -0.2) is 0 Å². The van der Waals surface area contributed by atoms with Crippen molar-refractivity contribution in [2.24, 2.45) is 0 Å². The van der Waals surface area contributed by atoms with Crippen LogP contribution in [0, 0.1) is 0 Å². The molecule has 3 aliphatic rings. The first kappa shape index (κ1) is 31.7. The van der Waals surface area contributed by atoms with Gasteiger partial charge in [0.25, 0.3) is 0 Å². The van der Waals surface area contributed by atoms with E-state index in [1.54, 1.807) is 12.1 Å². The average Bonchev–Trinajstić information content (AvgIpc) is 3.40. The molecule has 0 aromatic heterocycles. The van der Waals surface area contributed by atoms with Crippen LogP contribution < -0.4 is 15.5 Å². The SMILES string of the molecule is O=C(O)CCC(=O)Nc1ccc(C2OC(CN3CCC4(CC3)C(=O)NCN4c3ccccc3)CC(c3ccc(CO)cc3)O2)cc1. The summed E-state index contributed by atoms with van der Waals surface area (Å²) in [6, 6.07) is 25.0. The quantitative estimate of drug-likeness (QED) is 0.263. The maximum Gasteiger partial charge on any atom is 0.303 e. The Morgan fingerprint density at radius 1 is 0.913 bits per heavy atom. The number of piperidine rings is 1. The Morgan fingerprint density at radius 3 is 2.28 bits per heavy atom. The largest absolute Gasteiger partial charge is 0.481 e. The van der Waals surface area contributed by atoms with Gasteiger partial charge in [-0.1, -0.05) is 54.6 Å². The first-order valence-electron chi connectivity index (χ1n) is 15.8. The molecule has 3 atom stereocenters. The molecule has 46 heavy (non-hydrogen) atoms. The molecule has 3 unspecified atom stereocenters. The van der Waals surface area contributed by atoms with Gasteiger partial charge < -0.3 is 40.1 Å². The van der Waals surface area contributed by atoms with Crippen LogP contribution in [0.4, 0.5) is 11.4 Å². The van der Waals surface area contributed by atoms with E-state index in [0.717, 1.165) is 35.5 Å². The van der Waals surface area contributed by atoms with Gasteiger partial charge in [-0.2, -0.15) is 0 Å². The molecule has 0 saturated carbocycles. The van der Waals surface area contributed by atoms with Crippen molar-refractivity contribution in [3.63, 3.8) is 0 Å². The van der Waals surface area contributed by atoms with E-state index >= 15 is 0 Å². The summed E-state index contributed by atoms with van der Waals surface area (Å²) in [5, 5.41) is 24.2. The number of carboxylic acids is 1. The Balaban J connectivity index is 1.14. The third-order valence-corrected chi connectivity index (χ3v) is 9.20. The number of likely N-dealkylation sites (tertiary alicyclic amines) is 1. The monoisotopic (exact) mass is 628 g/mol. The molecule has 3 aromatic rings. The number of carbonyl (C=O) groups is 3. The topological polar surface area (TPSA) is 141 Å². The van der Waals surface area contributed by atoms with Crippen molar-refractivity contribution in [1.82, 2.24) is 10.2 Å². The second-order valence-electron chi connectivity index (χ2n) is 12.2. The molecular weight excluding hydrogens is 588 g/mol. The van der Waals surface area contributed by atoms with Gasteiger partial charge in [0.05, 0.1) is 31.9 Å². The Bertz CT molecular complexity index is 1510. The fourth-order valence-corrected chi connectivity index (χ4v) is 6.63. The summed E-state index contributed by atoms with van der Waals surface area (Å²) in [7, 11) is 0.